The molecule has 37 heavy (non-hydrogen) atoms. The van der Waals surface area contributed by atoms with Gasteiger partial charge in [0.15, 0.2) is 6.61 Å². The van der Waals surface area contributed by atoms with Crippen LogP contribution < -0.4 is 10.1 Å². The van der Waals surface area contributed by atoms with Gasteiger partial charge in [0.1, 0.15) is 11.3 Å². The summed E-state index contributed by atoms with van der Waals surface area (Å²) in [5.41, 5.74) is 3.93. The Morgan fingerprint density at radius 1 is 1.05 bits per heavy atom. The van der Waals surface area contributed by atoms with Crippen LogP contribution >= 0.6 is 0 Å². The standard InChI is InChI=1S/C31H31NO5/c1-20-14-29-23(12-13-36-29)17-27(20)28(18-31(34)35-2)22-9-8-21-10-11-26(16-24(21)15-22)37-19-30(33)32-25-6-4-3-5-7-25/h4,6,8-17,25,28H,3,5,7,18-19H2,1-2H3,(H,32,33). The van der Waals surface area contributed by atoms with Crippen molar-refractivity contribution in [1.82, 2.24) is 5.32 Å². The second kappa shape index (κ2) is 10.9. The highest BCUT2D eigenvalue weighted by molar-refractivity contribution is 5.86. The van der Waals surface area contributed by atoms with Crippen LogP contribution in [0.25, 0.3) is 21.7 Å². The molecular formula is C31H31NO5. The third-order valence-electron chi connectivity index (χ3n) is 7.02. The van der Waals surface area contributed by atoms with E-state index in [2.05, 4.69) is 35.7 Å². The molecular weight excluding hydrogens is 466 g/mol. The summed E-state index contributed by atoms with van der Waals surface area (Å²) < 4.78 is 16.4. The predicted octanol–water partition coefficient (Wildman–Crippen LogP) is 6.19. The fourth-order valence-electron chi connectivity index (χ4n) is 5.04. The van der Waals surface area contributed by atoms with E-state index in [0.717, 1.165) is 57.7 Å². The number of aryl methyl sites for hydroxylation is 1. The van der Waals surface area contributed by atoms with E-state index in [1.807, 2.05) is 43.3 Å². The van der Waals surface area contributed by atoms with Crippen molar-refractivity contribution >= 4 is 33.6 Å². The van der Waals surface area contributed by atoms with Crippen LogP contribution in [0.3, 0.4) is 0 Å². The van der Waals surface area contributed by atoms with Crippen LogP contribution in [-0.2, 0) is 14.3 Å². The molecule has 6 nitrogen and oxygen atoms in total. The lowest BCUT2D eigenvalue weighted by molar-refractivity contribution is -0.140. The first kappa shape index (κ1) is 24.6. The minimum Gasteiger partial charge on any atom is -0.484 e. The molecule has 2 unspecified atom stereocenters. The van der Waals surface area contributed by atoms with Crippen molar-refractivity contribution in [2.75, 3.05) is 13.7 Å². The van der Waals surface area contributed by atoms with Crippen molar-refractivity contribution in [3.63, 3.8) is 0 Å². The summed E-state index contributed by atoms with van der Waals surface area (Å²) in [6.45, 7) is 1.99. The molecule has 1 aliphatic carbocycles. The quantitative estimate of drug-likeness (QED) is 0.232. The molecule has 0 fully saturated rings. The molecule has 1 heterocycles. The number of furan rings is 1. The molecule has 0 radical (unpaired) electrons. The second-order valence-corrected chi connectivity index (χ2v) is 9.59. The van der Waals surface area contributed by atoms with Crippen LogP contribution in [0.5, 0.6) is 5.75 Å². The molecule has 190 valence electrons. The van der Waals surface area contributed by atoms with E-state index in [1.54, 1.807) is 6.26 Å². The summed E-state index contributed by atoms with van der Waals surface area (Å²) in [5, 5.41) is 6.02. The van der Waals surface area contributed by atoms with Crippen molar-refractivity contribution in [1.29, 1.82) is 0 Å². The highest BCUT2D eigenvalue weighted by Crippen LogP contribution is 2.35. The number of amides is 1. The summed E-state index contributed by atoms with van der Waals surface area (Å²) >= 11 is 0. The zero-order valence-electron chi connectivity index (χ0n) is 21.2. The maximum Gasteiger partial charge on any atom is 0.306 e. The summed E-state index contributed by atoms with van der Waals surface area (Å²) in [7, 11) is 1.41. The number of hydrogen-bond donors (Lipinski definition) is 1. The van der Waals surface area contributed by atoms with Crippen LogP contribution in [0.1, 0.15) is 48.3 Å². The van der Waals surface area contributed by atoms with E-state index in [-0.39, 0.29) is 36.9 Å². The molecule has 4 aromatic rings. The molecule has 1 aromatic heterocycles. The Morgan fingerprint density at radius 3 is 2.73 bits per heavy atom. The maximum atomic E-state index is 12.4. The fraction of sp³-hybridized carbons (Fsp3) is 0.290. The van der Waals surface area contributed by atoms with E-state index in [9.17, 15) is 9.59 Å². The van der Waals surface area contributed by atoms with Gasteiger partial charge in [0.2, 0.25) is 0 Å². The number of hydrogen-bond acceptors (Lipinski definition) is 5. The number of esters is 1. The average Bonchev–Trinajstić information content (AvgIpc) is 3.37. The molecule has 2 atom stereocenters. The number of carbonyl (C=O) groups excluding carboxylic acids is 2. The van der Waals surface area contributed by atoms with Crippen molar-refractivity contribution in [3.05, 3.63) is 89.7 Å². The van der Waals surface area contributed by atoms with Gasteiger partial charge in [0.25, 0.3) is 5.91 Å². The monoisotopic (exact) mass is 497 g/mol. The SMILES string of the molecule is COC(=O)CC(c1ccc2ccc(OCC(=O)NC3C=CCCC3)cc2c1)c1cc2ccoc2cc1C. The van der Waals surface area contributed by atoms with Gasteiger partial charge in [-0.05, 0) is 84.0 Å². The second-order valence-electron chi connectivity index (χ2n) is 9.59. The Labute approximate surface area is 216 Å². The zero-order chi connectivity index (χ0) is 25.8. The van der Waals surface area contributed by atoms with Gasteiger partial charge in [-0.15, -0.1) is 0 Å². The highest BCUT2D eigenvalue weighted by atomic mass is 16.5. The van der Waals surface area contributed by atoms with Crippen LogP contribution in [-0.4, -0.2) is 31.6 Å². The predicted molar refractivity (Wildman–Crippen MR) is 144 cm³/mol. The molecule has 0 spiro atoms. The van der Waals surface area contributed by atoms with Gasteiger partial charge in [-0.2, -0.15) is 0 Å². The lowest BCUT2D eigenvalue weighted by Crippen LogP contribution is -2.37. The van der Waals surface area contributed by atoms with E-state index in [0.29, 0.717) is 5.75 Å². The number of fused-ring (bicyclic) bond motifs is 2. The molecule has 0 aliphatic heterocycles. The normalized spacial score (nSPS) is 16.0. The molecule has 1 amide bonds. The first-order valence-electron chi connectivity index (χ1n) is 12.7. The average molecular weight is 498 g/mol. The Balaban J connectivity index is 1.40. The number of allylic oxidation sites excluding steroid dienone is 1. The fourth-order valence-corrected chi connectivity index (χ4v) is 5.04. The van der Waals surface area contributed by atoms with Crippen molar-refractivity contribution in [3.8, 4) is 5.75 Å². The van der Waals surface area contributed by atoms with Crippen LogP contribution in [0.15, 0.2) is 77.4 Å². The van der Waals surface area contributed by atoms with Gasteiger partial charge in [0, 0.05) is 17.3 Å². The minimum absolute atomic E-state index is 0.0373. The summed E-state index contributed by atoms with van der Waals surface area (Å²) in [6.07, 6.45) is 9.17. The van der Waals surface area contributed by atoms with Gasteiger partial charge in [-0.1, -0.05) is 36.4 Å². The van der Waals surface area contributed by atoms with Crippen molar-refractivity contribution in [2.24, 2.45) is 0 Å². The lowest BCUT2D eigenvalue weighted by atomic mass is 9.84. The van der Waals surface area contributed by atoms with Crippen molar-refractivity contribution in [2.45, 2.75) is 44.6 Å². The van der Waals surface area contributed by atoms with Gasteiger partial charge >= 0.3 is 5.97 Å². The first-order valence-corrected chi connectivity index (χ1v) is 12.7. The Hall–Kier alpha value is -4.06. The first-order chi connectivity index (χ1) is 18.0. The smallest absolute Gasteiger partial charge is 0.306 e. The Kier molecular flexibility index (Phi) is 7.26. The molecule has 3 aromatic carbocycles. The van der Waals surface area contributed by atoms with Crippen LogP contribution in [0.2, 0.25) is 0 Å². The van der Waals surface area contributed by atoms with Crippen LogP contribution in [0, 0.1) is 6.92 Å². The Bertz CT molecular complexity index is 1470. The summed E-state index contributed by atoms with van der Waals surface area (Å²) in [6, 6.07) is 18.1. The number of carbonyl (C=O) groups is 2. The number of benzene rings is 3. The Morgan fingerprint density at radius 2 is 1.92 bits per heavy atom. The third-order valence-corrected chi connectivity index (χ3v) is 7.02. The number of methoxy groups -OCH3 is 1. The van der Waals surface area contributed by atoms with Gasteiger partial charge < -0.3 is 19.2 Å². The summed E-state index contributed by atoms with van der Waals surface area (Å²) in [4.78, 5) is 24.8. The number of ether oxygens (including phenoxy) is 2. The van der Waals surface area contributed by atoms with E-state index < -0.39 is 0 Å². The zero-order valence-corrected chi connectivity index (χ0v) is 21.2. The largest absolute Gasteiger partial charge is 0.484 e. The third kappa shape index (κ3) is 5.69. The van der Waals surface area contributed by atoms with E-state index in [1.165, 1.54) is 7.11 Å². The topological polar surface area (TPSA) is 77.8 Å². The molecule has 0 saturated carbocycles. The van der Waals surface area contributed by atoms with Gasteiger partial charge in [-0.25, -0.2) is 0 Å². The van der Waals surface area contributed by atoms with Gasteiger partial charge in [-0.3, -0.25) is 9.59 Å². The van der Waals surface area contributed by atoms with Crippen molar-refractivity contribution < 1.29 is 23.5 Å². The van der Waals surface area contributed by atoms with Crippen LogP contribution in [0.4, 0.5) is 0 Å². The molecule has 1 N–H and O–H groups in total. The van der Waals surface area contributed by atoms with Gasteiger partial charge in [0.05, 0.1) is 19.8 Å². The lowest BCUT2D eigenvalue weighted by Gasteiger charge is -2.20. The molecule has 5 rings (SSSR count). The molecule has 0 bridgehead atoms. The highest BCUT2D eigenvalue weighted by Gasteiger charge is 2.22. The number of rotatable bonds is 8. The molecule has 1 aliphatic rings. The molecule has 6 heteroatoms. The molecule has 0 saturated heterocycles. The van der Waals surface area contributed by atoms with E-state index in [4.69, 9.17) is 13.9 Å². The maximum absolute atomic E-state index is 12.4. The minimum atomic E-state index is -0.271. The van der Waals surface area contributed by atoms with E-state index >= 15 is 0 Å². The summed E-state index contributed by atoms with van der Waals surface area (Å²) in [5.74, 6) is 0.0379. The number of nitrogens with one attached hydrogen (secondary N) is 1.